The zero-order valence-corrected chi connectivity index (χ0v) is 12.5. The van der Waals surface area contributed by atoms with Crippen LogP contribution in [-0.2, 0) is 9.53 Å². The Bertz CT molecular complexity index is 359. The first-order valence-electron chi connectivity index (χ1n) is 6.82. The van der Waals surface area contributed by atoms with Crippen molar-refractivity contribution < 1.29 is 19.4 Å². The van der Waals surface area contributed by atoms with E-state index in [9.17, 15) is 14.7 Å². The summed E-state index contributed by atoms with van der Waals surface area (Å²) in [6, 6.07) is 0. The average Bonchev–Trinajstić information content (AvgIpc) is 2.58. The van der Waals surface area contributed by atoms with E-state index in [1.54, 1.807) is 20.8 Å². The molecule has 1 rings (SSSR count). The second-order valence-electron chi connectivity index (χ2n) is 6.67. The van der Waals surface area contributed by atoms with Crippen molar-refractivity contribution in [2.24, 2.45) is 5.92 Å². The molecule has 1 aliphatic heterocycles. The van der Waals surface area contributed by atoms with Crippen LogP contribution < -0.4 is 0 Å². The van der Waals surface area contributed by atoms with Gasteiger partial charge < -0.3 is 9.84 Å². The number of nitrogens with zero attached hydrogens (tertiary/aromatic N) is 1. The SMILES string of the molecule is CC(C)CC1(C(=O)O)CCCN1C(=O)OC(C)(C)C. The molecule has 0 radical (unpaired) electrons. The van der Waals surface area contributed by atoms with Crippen LogP contribution in [0.2, 0.25) is 0 Å². The highest BCUT2D eigenvalue weighted by Gasteiger charge is 2.51. The summed E-state index contributed by atoms with van der Waals surface area (Å²) < 4.78 is 5.33. The van der Waals surface area contributed by atoms with Gasteiger partial charge in [0.25, 0.3) is 0 Å². The number of hydrogen-bond donors (Lipinski definition) is 1. The summed E-state index contributed by atoms with van der Waals surface area (Å²) in [4.78, 5) is 25.3. The first kappa shape index (κ1) is 15.8. The molecule has 1 N–H and O–H groups in total. The molecule has 1 atom stereocenters. The Morgan fingerprint density at radius 3 is 2.37 bits per heavy atom. The van der Waals surface area contributed by atoms with Crippen molar-refractivity contribution in [2.75, 3.05) is 6.54 Å². The standard InChI is InChI=1S/C14H25NO4/c1-10(2)9-14(11(16)17)7-6-8-15(14)12(18)19-13(3,4)5/h10H,6-9H2,1-5H3,(H,16,17). The fraction of sp³-hybridized carbons (Fsp3) is 0.857. The number of carbonyl (C=O) groups excluding carboxylic acids is 1. The van der Waals surface area contributed by atoms with Gasteiger partial charge in [0, 0.05) is 6.54 Å². The molecule has 0 aliphatic carbocycles. The lowest BCUT2D eigenvalue weighted by molar-refractivity contribution is -0.150. The summed E-state index contributed by atoms with van der Waals surface area (Å²) in [7, 11) is 0. The van der Waals surface area contributed by atoms with Crippen molar-refractivity contribution in [1.29, 1.82) is 0 Å². The maximum absolute atomic E-state index is 12.2. The molecule has 1 unspecified atom stereocenters. The fourth-order valence-corrected chi connectivity index (χ4v) is 2.66. The molecule has 110 valence electrons. The molecule has 5 nitrogen and oxygen atoms in total. The maximum atomic E-state index is 12.2. The van der Waals surface area contributed by atoms with Gasteiger partial charge in [-0.3, -0.25) is 4.90 Å². The molecular formula is C14H25NO4. The van der Waals surface area contributed by atoms with E-state index >= 15 is 0 Å². The van der Waals surface area contributed by atoms with Crippen LogP contribution in [0.15, 0.2) is 0 Å². The lowest BCUT2D eigenvalue weighted by Crippen LogP contribution is -2.54. The Balaban J connectivity index is 2.97. The van der Waals surface area contributed by atoms with Crippen LogP contribution in [-0.4, -0.2) is 39.8 Å². The molecule has 0 aromatic rings. The van der Waals surface area contributed by atoms with Crippen molar-refractivity contribution in [3.8, 4) is 0 Å². The Labute approximate surface area is 114 Å². The van der Waals surface area contributed by atoms with Crippen LogP contribution >= 0.6 is 0 Å². The molecule has 1 aliphatic rings. The van der Waals surface area contributed by atoms with Crippen molar-refractivity contribution in [3.63, 3.8) is 0 Å². The van der Waals surface area contributed by atoms with Gasteiger partial charge in [-0.2, -0.15) is 0 Å². The Kier molecular flexibility index (Phi) is 4.48. The summed E-state index contributed by atoms with van der Waals surface area (Å²) in [5, 5.41) is 9.58. The molecule has 1 amide bonds. The molecule has 5 heteroatoms. The van der Waals surface area contributed by atoms with Crippen LogP contribution in [0.1, 0.15) is 53.9 Å². The molecule has 0 aromatic carbocycles. The quantitative estimate of drug-likeness (QED) is 0.857. The predicted molar refractivity (Wildman–Crippen MR) is 72.0 cm³/mol. The lowest BCUT2D eigenvalue weighted by Gasteiger charge is -2.36. The summed E-state index contributed by atoms with van der Waals surface area (Å²) >= 11 is 0. The van der Waals surface area contributed by atoms with Gasteiger partial charge in [0.2, 0.25) is 0 Å². The summed E-state index contributed by atoms with van der Waals surface area (Å²) in [6.45, 7) is 9.74. The fourth-order valence-electron chi connectivity index (χ4n) is 2.66. The van der Waals surface area contributed by atoms with Gasteiger partial charge in [-0.05, 0) is 46.0 Å². The highest BCUT2D eigenvalue weighted by molar-refractivity contribution is 5.85. The summed E-state index contributed by atoms with van der Waals surface area (Å²) in [6.07, 6.45) is 1.15. The Morgan fingerprint density at radius 1 is 1.37 bits per heavy atom. The minimum atomic E-state index is -1.10. The molecule has 0 saturated carbocycles. The number of hydrogen-bond acceptors (Lipinski definition) is 3. The number of aliphatic carboxylic acids is 1. The van der Waals surface area contributed by atoms with E-state index in [2.05, 4.69) is 0 Å². The first-order valence-corrected chi connectivity index (χ1v) is 6.82. The number of carboxylic acid groups (broad SMARTS) is 1. The van der Waals surface area contributed by atoms with Crippen molar-refractivity contribution >= 4 is 12.1 Å². The molecule has 0 aromatic heterocycles. The summed E-state index contributed by atoms with van der Waals surface area (Å²) in [5.74, 6) is -0.719. The smallest absolute Gasteiger partial charge is 0.411 e. The third-order valence-electron chi connectivity index (χ3n) is 3.25. The first-order chi connectivity index (χ1) is 8.58. The predicted octanol–water partition coefficient (Wildman–Crippen LogP) is 2.89. The monoisotopic (exact) mass is 271 g/mol. The molecule has 19 heavy (non-hydrogen) atoms. The molecule has 1 fully saturated rings. The topological polar surface area (TPSA) is 66.8 Å². The number of carboxylic acids is 1. The zero-order valence-electron chi connectivity index (χ0n) is 12.5. The van der Waals surface area contributed by atoms with Crippen LogP contribution in [0.3, 0.4) is 0 Å². The van der Waals surface area contributed by atoms with Gasteiger partial charge in [0.05, 0.1) is 0 Å². The van der Waals surface area contributed by atoms with Crippen molar-refractivity contribution in [1.82, 2.24) is 4.90 Å². The second kappa shape index (κ2) is 5.39. The molecule has 1 saturated heterocycles. The lowest BCUT2D eigenvalue weighted by atomic mass is 9.86. The number of carbonyl (C=O) groups is 2. The number of likely N-dealkylation sites (tertiary alicyclic amines) is 1. The van der Waals surface area contributed by atoms with Gasteiger partial charge >= 0.3 is 12.1 Å². The third-order valence-corrected chi connectivity index (χ3v) is 3.25. The molecule has 0 bridgehead atoms. The van der Waals surface area contributed by atoms with Crippen LogP contribution in [0.25, 0.3) is 0 Å². The average molecular weight is 271 g/mol. The van der Waals surface area contributed by atoms with E-state index in [0.29, 0.717) is 25.8 Å². The van der Waals surface area contributed by atoms with E-state index in [1.807, 2.05) is 13.8 Å². The number of amides is 1. The minimum Gasteiger partial charge on any atom is -0.479 e. The number of ether oxygens (including phenoxy) is 1. The van der Waals surface area contributed by atoms with E-state index < -0.39 is 23.2 Å². The normalized spacial score (nSPS) is 23.8. The van der Waals surface area contributed by atoms with Gasteiger partial charge in [-0.25, -0.2) is 9.59 Å². The van der Waals surface area contributed by atoms with Gasteiger partial charge in [-0.15, -0.1) is 0 Å². The zero-order chi connectivity index (χ0) is 14.8. The largest absolute Gasteiger partial charge is 0.479 e. The van der Waals surface area contributed by atoms with E-state index in [4.69, 9.17) is 4.74 Å². The highest BCUT2D eigenvalue weighted by Crippen LogP contribution is 2.36. The molecule has 1 heterocycles. The van der Waals surface area contributed by atoms with Gasteiger partial charge in [-0.1, -0.05) is 13.8 Å². The van der Waals surface area contributed by atoms with Crippen molar-refractivity contribution in [2.45, 2.75) is 65.0 Å². The molecule has 0 spiro atoms. The van der Waals surface area contributed by atoms with Crippen LogP contribution in [0.5, 0.6) is 0 Å². The Hall–Kier alpha value is -1.26. The van der Waals surface area contributed by atoms with Crippen LogP contribution in [0, 0.1) is 5.92 Å². The minimum absolute atomic E-state index is 0.208. The number of rotatable bonds is 3. The molecular weight excluding hydrogens is 246 g/mol. The van der Waals surface area contributed by atoms with Gasteiger partial charge in [0.15, 0.2) is 0 Å². The van der Waals surface area contributed by atoms with E-state index in [0.717, 1.165) is 0 Å². The van der Waals surface area contributed by atoms with Gasteiger partial charge in [0.1, 0.15) is 11.1 Å². The highest BCUT2D eigenvalue weighted by atomic mass is 16.6. The summed E-state index contributed by atoms with van der Waals surface area (Å²) in [5.41, 5.74) is -1.71. The van der Waals surface area contributed by atoms with E-state index in [1.165, 1.54) is 4.90 Å². The van der Waals surface area contributed by atoms with E-state index in [-0.39, 0.29) is 5.92 Å². The van der Waals surface area contributed by atoms with Crippen LogP contribution in [0.4, 0.5) is 4.79 Å². The third kappa shape index (κ3) is 3.61. The van der Waals surface area contributed by atoms with Crippen molar-refractivity contribution in [3.05, 3.63) is 0 Å². The maximum Gasteiger partial charge on any atom is 0.411 e. The second-order valence-corrected chi connectivity index (χ2v) is 6.67. The Morgan fingerprint density at radius 2 is 1.95 bits per heavy atom.